The molecule has 2 aromatic heterocycles. The first-order valence-corrected chi connectivity index (χ1v) is 7.38. The summed E-state index contributed by atoms with van der Waals surface area (Å²) >= 11 is 0. The van der Waals surface area contributed by atoms with Crippen molar-refractivity contribution in [2.45, 2.75) is 18.8 Å². The molecule has 2 nitrogen and oxygen atoms in total. The third-order valence-corrected chi connectivity index (χ3v) is 3.95. The smallest absolute Gasteiger partial charge is 0.0795 e. The zero-order valence-corrected chi connectivity index (χ0v) is 11.7. The Morgan fingerprint density at radius 2 is 1.62 bits per heavy atom. The van der Waals surface area contributed by atoms with Crippen LogP contribution in [0.3, 0.4) is 0 Å². The number of hydrogen-bond donors (Lipinski definition) is 0. The molecule has 4 rings (SSSR count). The minimum Gasteiger partial charge on any atom is -0.260 e. The Bertz CT molecular complexity index is 744. The van der Waals surface area contributed by atoms with Crippen molar-refractivity contribution in [3.8, 4) is 22.4 Å². The summed E-state index contributed by atoms with van der Waals surface area (Å²) in [6, 6.07) is 18.8. The molecule has 3 aromatic rings. The summed E-state index contributed by atoms with van der Waals surface area (Å²) in [6.45, 7) is 0. The Morgan fingerprint density at radius 1 is 0.762 bits per heavy atom. The van der Waals surface area contributed by atoms with E-state index in [9.17, 15) is 0 Å². The SMILES string of the molecule is c1ccc(-c2cccnc2-c2ccc(C3CC3)nc2)cc1. The molecule has 1 aromatic carbocycles. The Kier molecular flexibility index (Phi) is 3.00. The van der Waals surface area contributed by atoms with Crippen molar-refractivity contribution in [1.29, 1.82) is 0 Å². The maximum Gasteiger partial charge on any atom is 0.0795 e. The first kappa shape index (κ1) is 12.3. The molecular weight excluding hydrogens is 256 g/mol. The van der Waals surface area contributed by atoms with Gasteiger partial charge in [-0.15, -0.1) is 0 Å². The van der Waals surface area contributed by atoms with Crippen molar-refractivity contribution in [2.24, 2.45) is 0 Å². The monoisotopic (exact) mass is 272 g/mol. The Hall–Kier alpha value is -2.48. The second-order valence-electron chi connectivity index (χ2n) is 5.51. The zero-order valence-electron chi connectivity index (χ0n) is 11.7. The van der Waals surface area contributed by atoms with Gasteiger partial charge in [0.05, 0.1) is 5.69 Å². The lowest BCUT2D eigenvalue weighted by Gasteiger charge is -2.09. The van der Waals surface area contributed by atoms with Crippen LogP contribution in [0.25, 0.3) is 22.4 Å². The van der Waals surface area contributed by atoms with E-state index >= 15 is 0 Å². The van der Waals surface area contributed by atoms with Gasteiger partial charge >= 0.3 is 0 Å². The van der Waals surface area contributed by atoms with E-state index in [1.807, 2.05) is 24.5 Å². The van der Waals surface area contributed by atoms with Crippen LogP contribution < -0.4 is 0 Å². The average molecular weight is 272 g/mol. The van der Waals surface area contributed by atoms with E-state index in [1.54, 1.807) is 0 Å². The summed E-state index contributed by atoms with van der Waals surface area (Å²) in [4.78, 5) is 9.19. The number of rotatable bonds is 3. The maximum atomic E-state index is 4.61. The molecule has 0 amide bonds. The fourth-order valence-corrected chi connectivity index (χ4v) is 2.65. The highest BCUT2D eigenvalue weighted by Crippen LogP contribution is 2.39. The van der Waals surface area contributed by atoms with Crippen molar-refractivity contribution >= 4 is 0 Å². The molecule has 1 aliphatic rings. The summed E-state index contributed by atoms with van der Waals surface area (Å²) in [6.07, 6.45) is 6.37. The van der Waals surface area contributed by atoms with Crippen LogP contribution in [-0.4, -0.2) is 9.97 Å². The van der Waals surface area contributed by atoms with Gasteiger partial charge in [-0.25, -0.2) is 0 Å². The first-order valence-electron chi connectivity index (χ1n) is 7.38. The van der Waals surface area contributed by atoms with Crippen LogP contribution in [0.5, 0.6) is 0 Å². The van der Waals surface area contributed by atoms with Crippen LogP contribution in [0.1, 0.15) is 24.5 Å². The molecule has 0 radical (unpaired) electrons. The third-order valence-electron chi connectivity index (χ3n) is 3.95. The van der Waals surface area contributed by atoms with Crippen molar-refractivity contribution in [1.82, 2.24) is 9.97 Å². The van der Waals surface area contributed by atoms with Gasteiger partial charge in [0, 0.05) is 35.1 Å². The van der Waals surface area contributed by atoms with E-state index in [0.717, 1.165) is 16.8 Å². The third kappa shape index (κ3) is 2.45. The van der Waals surface area contributed by atoms with Crippen molar-refractivity contribution in [3.63, 3.8) is 0 Å². The lowest BCUT2D eigenvalue weighted by Crippen LogP contribution is -1.91. The molecule has 2 heterocycles. The first-order chi connectivity index (χ1) is 10.4. The van der Waals surface area contributed by atoms with E-state index in [-0.39, 0.29) is 0 Å². The van der Waals surface area contributed by atoms with Gasteiger partial charge in [-0.05, 0) is 36.6 Å². The lowest BCUT2D eigenvalue weighted by molar-refractivity contribution is 1.02. The molecule has 0 aliphatic heterocycles. The average Bonchev–Trinajstić information content (AvgIpc) is 3.41. The molecule has 21 heavy (non-hydrogen) atoms. The molecule has 0 unspecified atom stereocenters. The number of benzene rings is 1. The zero-order chi connectivity index (χ0) is 14.1. The predicted octanol–water partition coefficient (Wildman–Crippen LogP) is 4.69. The fraction of sp³-hybridized carbons (Fsp3) is 0.158. The number of hydrogen-bond acceptors (Lipinski definition) is 2. The lowest BCUT2D eigenvalue weighted by atomic mass is 10.0. The van der Waals surface area contributed by atoms with Crippen molar-refractivity contribution in [2.75, 3.05) is 0 Å². The summed E-state index contributed by atoms with van der Waals surface area (Å²) in [7, 11) is 0. The highest BCUT2D eigenvalue weighted by molar-refractivity contribution is 5.80. The van der Waals surface area contributed by atoms with E-state index in [1.165, 1.54) is 24.1 Å². The maximum absolute atomic E-state index is 4.61. The van der Waals surface area contributed by atoms with Gasteiger partial charge in [-0.3, -0.25) is 9.97 Å². The highest BCUT2D eigenvalue weighted by atomic mass is 14.7. The second-order valence-corrected chi connectivity index (χ2v) is 5.51. The molecule has 0 bridgehead atoms. The molecule has 0 spiro atoms. The summed E-state index contributed by atoms with van der Waals surface area (Å²) in [5, 5.41) is 0. The topological polar surface area (TPSA) is 25.8 Å². The molecule has 0 N–H and O–H groups in total. The second kappa shape index (κ2) is 5.13. The van der Waals surface area contributed by atoms with Crippen molar-refractivity contribution in [3.05, 3.63) is 72.7 Å². The van der Waals surface area contributed by atoms with Gasteiger partial charge in [0.1, 0.15) is 0 Å². The summed E-state index contributed by atoms with van der Waals surface area (Å²) in [5.41, 5.74) is 5.64. The molecule has 1 fully saturated rings. The van der Waals surface area contributed by atoms with Gasteiger partial charge in [-0.1, -0.05) is 36.4 Å². The molecular formula is C19H16N2. The summed E-state index contributed by atoms with van der Waals surface area (Å²) < 4.78 is 0. The van der Waals surface area contributed by atoms with Crippen LogP contribution in [0.2, 0.25) is 0 Å². The molecule has 2 heteroatoms. The van der Waals surface area contributed by atoms with Crippen LogP contribution in [0.15, 0.2) is 67.0 Å². The summed E-state index contributed by atoms with van der Waals surface area (Å²) in [5.74, 6) is 0.691. The van der Waals surface area contributed by atoms with Gasteiger partial charge in [0.2, 0.25) is 0 Å². The standard InChI is InChI=1S/C19H16N2/c1-2-5-14(6-3-1)17-7-4-12-20-19(17)16-10-11-18(21-13-16)15-8-9-15/h1-7,10-13,15H,8-9H2. The minimum absolute atomic E-state index is 0.691. The minimum atomic E-state index is 0.691. The van der Waals surface area contributed by atoms with Gasteiger partial charge in [-0.2, -0.15) is 0 Å². The van der Waals surface area contributed by atoms with E-state index in [0.29, 0.717) is 5.92 Å². The van der Waals surface area contributed by atoms with Crippen LogP contribution >= 0.6 is 0 Å². The Labute approximate surface area is 124 Å². The molecule has 0 atom stereocenters. The van der Waals surface area contributed by atoms with Crippen molar-refractivity contribution < 1.29 is 0 Å². The van der Waals surface area contributed by atoms with Crippen LogP contribution in [0.4, 0.5) is 0 Å². The molecule has 1 aliphatic carbocycles. The van der Waals surface area contributed by atoms with Crippen LogP contribution in [-0.2, 0) is 0 Å². The molecule has 0 saturated heterocycles. The predicted molar refractivity (Wildman–Crippen MR) is 84.9 cm³/mol. The Morgan fingerprint density at radius 3 is 2.33 bits per heavy atom. The fourth-order valence-electron chi connectivity index (χ4n) is 2.65. The molecule has 102 valence electrons. The van der Waals surface area contributed by atoms with E-state index in [4.69, 9.17) is 0 Å². The number of aromatic nitrogens is 2. The number of nitrogens with zero attached hydrogens (tertiary/aromatic N) is 2. The normalized spacial score (nSPS) is 14.1. The van der Waals surface area contributed by atoms with Gasteiger partial charge in [0.25, 0.3) is 0 Å². The highest BCUT2D eigenvalue weighted by Gasteiger charge is 2.24. The van der Waals surface area contributed by atoms with E-state index in [2.05, 4.69) is 52.4 Å². The van der Waals surface area contributed by atoms with Gasteiger partial charge < -0.3 is 0 Å². The quantitative estimate of drug-likeness (QED) is 0.691. The largest absolute Gasteiger partial charge is 0.260 e. The van der Waals surface area contributed by atoms with Crippen LogP contribution in [0, 0.1) is 0 Å². The van der Waals surface area contributed by atoms with Gasteiger partial charge in [0.15, 0.2) is 0 Å². The van der Waals surface area contributed by atoms with E-state index < -0.39 is 0 Å². The number of pyridine rings is 2. The molecule has 1 saturated carbocycles. The Balaban J connectivity index is 1.77.